The van der Waals surface area contributed by atoms with Gasteiger partial charge < -0.3 is 20.1 Å². The van der Waals surface area contributed by atoms with E-state index in [1.807, 2.05) is 32.9 Å². The number of carbonyl (C=O) groups excluding carboxylic acids is 1. The van der Waals surface area contributed by atoms with Gasteiger partial charge in [0.1, 0.15) is 5.76 Å². The van der Waals surface area contributed by atoms with Crippen LogP contribution < -0.4 is 10.6 Å². The second kappa shape index (κ2) is 8.08. The molecule has 3 N–H and O–H groups in total. The van der Waals surface area contributed by atoms with Gasteiger partial charge in [0, 0.05) is 35.2 Å². The van der Waals surface area contributed by atoms with Gasteiger partial charge in [0.25, 0.3) is 0 Å². The molecule has 2 amide bonds. The Morgan fingerprint density at radius 1 is 1.31 bits per heavy atom. The first-order valence-corrected chi connectivity index (χ1v) is 9.05. The van der Waals surface area contributed by atoms with Crippen LogP contribution in [-0.4, -0.2) is 28.8 Å². The van der Waals surface area contributed by atoms with Gasteiger partial charge in [0.2, 0.25) is 0 Å². The molecule has 0 fully saturated rings. The Balaban J connectivity index is 1.40. The van der Waals surface area contributed by atoms with Crippen molar-refractivity contribution in [3.63, 3.8) is 0 Å². The molecule has 6 nitrogen and oxygen atoms in total. The summed E-state index contributed by atoms with van der Waals surface area (Å²) in [5, 5.41) is 11.1. The number of hydrogen-bond acceptors (Lipinski definition) is 3. The second-order valence-electron chi connectivity index (χ2n) is 6.77. The van der Waals surface area contributed by atoms with Gasteiger partial charge in [0.05, 0.1) is 5.69 Å². The van der Waals surface area contributed by atoms with E-state index in [0.29, 0.717) is 13.0 Å². The van der Waals surface area contributed by atoms with Crippen molar-refractivity contribution in [1.82, 2.24) is 20.8 Å². The SMILES string of the molecule is Cc1noc(C)c1CC(C)NC(=O)NCCCc1c[nH]c2ccccc12. The number of H-pyrrole nitrogens is 1. The third kappa shape index (κ3) is 4.25. The summed E-state index contributed by atoms with van der Waals surface area (Å²) >= 11 is 0. The normalized spacial score (nSPS) is 12.3. The summed E-state index contributed by atoms with van der Waals surface area (Å²) in [7, 11) is 0. The first-order valence-electron chi connectivity index (χ1n) is 9.05. The number of fused-ring (bicyclic) bond motifs is 1. The fourth-order valence-corrected chi connectivity index (χ4v) is 3.24. The van der Waals surface area contributed by atoms with Crippen LogP contribution >= 0.6 is 0 Å². The first kappa shape index (κ1) is 18.0. The maximum Gasteiger partial charge on any atom is 0.315 e. The zero-order valence-electron chi connectivity index (χ0n) is 15.6. The highest BCUT2D eigenvalue weighted by atomic mass is 16.5. The van der Waals surface area contributed by atoms with Crippen molar-refractivity contribution in [2.24, 2.45) is 0 Å². The highest BCUT2D eigenvalue weighted by molar-refractivity contribution is 5.83. The van der Waals surface area contributed by atoms with Crippen molar-refractivity contribution in [2.45, 2.75) is 46.1 Å². The Kier molecular flexibility index (Phi) is 5.61. The lowest BCUT2D eigenvalue weighted by Gasteiger charge is -2.14. The predicted molar refractivity (Wildman–Crippen MR) is 102 cm³/mol. The molecule has 1 atom stereocenters. The molecule has 1 aromatic carbocycles. The smallest absolute Gasteiger partial charge is 0.315 e. The minimum Gasteiger partial charge on any atom is -0.361 e. The van der Waals surface area contributed by atoms with Crippen LogP contribution in [0.15, 0.2) is 35.0 Å². The average molecular weight is 354 g/mol. The monoisotopic (exact) mass is 354 g/mol. The van der Waals surface area contributed by atoms with E-state index in [9.17, 15) is 4.79 Å². The number of para-hydroxylation sites is 1. The van der Waals surface area contributed by atoms with Crippen molar-refractivity contribution in [2.75, 3.05) is 6.54 Å². The molecule has 2 aromatic heterocycles. The number of amides is 2. The van der Waals surface area contributed by atoms with Crippen LogP contribution in [-0.2, 0) is 12.8 Å². The van der Waals surface area contributed by atoms with Crippen molar-refractivity contribution >= 4 is 16.9 Å². The molecule has 0 bridgehead atoms. The molecule has 0 aliphatic heterocycles. The molecule has 0 spiro atoms. The molecule has 1 unspecified atom stereocenters. The van der Waals surface area contributed by atoms with E-state index in [4.69, 9.17) is 4.52 Å². The van der Waals surface area contributed by atoms with Crippen molar-refractivity contribution in [3.05, 3.63) is 53.0 Å². The lowest BCUT2D eigenvalue weighted by Crippen LogP contribution is -2.42. The number of carbonyl (C=O) groups is 1. The number of hydrogen-bond donors (Lipinski definition) is 3. The molecular formula is C20H26N4O2. The maximum absolute atomic E-state index is 12.1. The number of aromatic nitrogens is 2. The average Bonchev–Trinajstić information content (AvgIpc) is 3.17. The van der Waals surface area contributed by atoms with Gasteiger partial charge in [0.15, 0.2) is 0 Å². The Labute approximate surface area is 153 Å². The molecule has 0 aliphatic carbocycles. The minimum absolute atomic E-state index is 0.0143. The lowest BCUT2D eigenvalue weighted by atomic mass is 10.1. The quantitative estimate of drug-likeness (QED) is 0.567. The van der Waals surface area contributed by atoms with Crippen molar-refractivity contribution in [3.8, 4) is 0 Å². The lowest BCUT2D eigenvalue weighted by molar-refractivity contribution is 0.237. The Hall–Kier alpha value is -2.76. The number of benzene rings is 1. The first-order chi connectivity index (χ1) is 12.5. The molecular weight excluding hydrogens is 328 g/mol. The number of rotatable bonds is 7. The van der Waals surface area contributed by atoms with E-state index >= 15 is 0 Å². The van der Waals surface area contributed by atoms with Gasteiger partial charge in [-0.25, -0.2) is 4.79 Å². The summed E-state index contributed by atoms with van der Waals surface area (Å²) in [5.41, 5.74) is 4.39. The zero-order chi connectivity index (χ0) is 18.5. The number of aryl methyl sites for hydroxylation is 3. The van der Waals surface area contributed by atoms with Crippen LogP contribution in [0, 0.1) is 13.8 Å². The van der Waals surface area contributed by atoms with E-state index in [1.54, 1.807) is 0 Å². The fourth-order valence-electron chi connectivity index (χ4n) is 3.24. The molecule has 0 aliphatic rings. The number of nitrogens with zero attached hydrogens (tertiary/aromatic N) is 1. The third-order valence-corrected chi connectivity index (χ3v) is 4.65. The minimum atomic E-state index is -0.136. The Bertz CT molecular complexity index is 861. The topological polar surface area (TPSA) is 82.9 Å². The van der Waals surface area contributed by atoms with Crippen LogP contribution in [0.3, 0.4) is 0 Å². The molecule has 6 heteroatoms. The second-order valence-corrected chi connectivity index (χ2v) is 6.77. The van der Waals surface area contributed by atoms with Gasteiger partial charge >= 0.3 is 6.03 Å². The summed E-state index contributed by atoms with van der Waals surface area (Å²) < 4.78 is 5.17. The molecule has 0 saturated carbocycles. The number of aromatic amines is 1. The molecule has 3 rings (SSSR count). The van der Waals surface area contributed by atoms with Crippen molar-refractivity contribution in [1.29, 1.82) is 0 Å². The molecule has 3 aromatic rings. The molecule has 138 valence electrons. The summed E-state index contributed by atoms with van der Waals surface area (Å²) in [4.78, 5) is 15.3. The van der Waals surface area contributed by atoms with Crippen LogP contribution in [0.4, 0.5) is 4.79 Å². The maximum atomic E-state index is 12.1. The van der Waals surface area contributed by atoms with Crippen LogP contribution in [0.25, 0.3) is 10.9 Å². The largest absolute Gasteiger partial charge is 0.361 e. The van der Waals surface area contributed by atoms with E-state index in [1.165, 1.54) is 10.9 Å². The van der Waals surface area contributed by atoms with E-state index in [0.717, 1.165) is 35.4 Å². The van der Waals surface area contributed by atoms with E-state index in [-0.39, 0.29) is 12.1 Å². The summed E-state index contributed by atoms with van der Waals surface area (Å²) in [6.45, 7) is 6.44. The molecule has 26 heavy (non-hydrogen) atoms. The number of urea groups is 1. The predicted octanol–water partition coefficient (Wildman–Crippen LogP) is 3.64. The molecule has 0 radical (unpaired) electrons. The Morgan fingerprint density at radius 2 is 2.12 bits per heavy atom. The van der Waals surface area contributed by atoms with Crippen LogP contribution in [0.1, 0.15) is 35.9 Å². The van der Waals surface area contributed by atoms with Gasteiger partial charge in [-0.3, -0.25) is 0 Å². The van der Waals surface area contributed by atoms with E-state index in [2.05, 4.69) is 39.1 Å². The molecule has 2 heterocycles. The fraction of sp³-hybridized carbons (Fsp3) is 0.400. The Morgan fingerprint density at radius 3 is 2.88 bits per heavy atom. The highest BCUT2D eigenvalue weighted by Crippen LogP contribution is 2.18. The summed E-state index contributed by atoms with van der Waals surface area (Å²) in [6.07, 6.45) is 4.59. The van der Waals surface area contributed by atoms with Gasteiger partial charge in [-0.1, -0.05) is 23.4 Å². The summed E-state index contributed by atoms with van der Waals surface area (Å²) in [6, 6.07) is 8.15. The third-order valence-electron chi connectivity index (χ3n) is 4.65. The van der Waals surface area contributed by atoms with Gasteiger partial charge in [-0.05, 0) is 51.7 Å². The zero-order valence-corrected chi connectivity index (χ0v) is 15.6. The van der Waals surface area contributed by atoms with Crippen LogP contribution in [0.2, 0.25) is 0 Å². The molecule has 0 saturated heterocycles. The van der Waals surface area contributed by atoms with Gasteiger partial charge in [-0.2, -0.15) is 0 Å². The number of nitrogens with one attached hydrogen (secondary N) is 3. The summed E-state index contributed by atoms with van der Waals surface area (Å²) in [5.74, 6) is 0.815. The van der Waals surface area contributed by atoms with Crippen LogP contribution in [0.5, 0.6) is 0 Å². The van der Waals surface area contributed by atoms with Crippen molar-refractivity contribution < 1.29 is 9.32 Å². The highest BCUT2D eigenvalue weighted by Gasteiger charge is 2.14. The standard InChI is InChI=1S/C20H26N4O2/c1-13(11-18-14(2)24-26-15(18)3)23-20(25)21-10-6-7-16-12-22-19-9-5-4-8-17(16)19/h4-5,8-9,12-13,22H,6-7,10-11H2,1-3H3,(H2,21,23,25). The van der Waals surface area contributed by atoms with E-state index < -0.39 is 0 Å². The van der Waals surface area contributed by atoms with Gasteiger partial charge in [-0.15, -0.1) is 0 Å².